The van der Waals surface area contributed by atoms with Gasteiger partial charge in [0.2, 0.25) is 0 Å². The Morgan fingerprint density at radius 1 is 1.30 bits per heavy atom. The normalized spacial score (nSPS) is 16.4. The maximum absolute atomic E-state index is 5.44. The summed E-state index contributed by atoms with van der Waals surface area (Å²) < 4.78 is 5.44. The fourth-order valence-electron chi connectivity index (χ4n) is 2.93. The first-order valence-electron chi connectivity index (χ1n) is 8.82. The van der Waals surface area contributed by atoms with Crippen LogP contribution in [0, 0.1) is 12.8 Å². The van der Waals surface area contributed by atoms with Crippen molar-refractivity contribution in [2.45, 2.75) is 39.7 Å². The monoisotopic (exact) mass is 317 g/mol. The lowest BCUT2D eigenvalue weighted by atomic mass is 9.96. The fourth-order valence-corrected chi connectivity index (χ4v) is 2.93. The van der Waals surface area contributed by atoms with Crippen LogP contribution in [0.4, 0.5) is 0 Å². The van der Waals surface area contributed by atoms with Crippen molar-refractivity contribution in [1.29, 1.82) is 0 Å². The highest BCUT2D eigenvalue weighted by atomic mass is 16.5. The summed E-state index contributed by atoms with van der Waals surface area (Å²) in [6.07, 6.45) is 3.62. The van der Waals surface area contributed by atoms with E-state index in [0.717, 1.165) is 44.7 Å². The van der Waals surface area contributed by atoms with Crippen LogP contribution in [0.15, 0.2) is 29.3 Å². The Kier molecular flexibility index (Phi) is 7.40. The highest BCUT2D eigenvalue weighted by Crippen LogP contribution is 2.18. The number of ether oxygens (including phenoxy) is 1. The van der Waals surface area contributed by atoms with Gasteiger partial charge >= 0.3 is 0 Å². The fraction of sp³-hybridized carbons (Fsp3) is 0.632. The van der Waals surface area contributed by atoms with Crippen LogP contribution in [0.25, 0.3) is 0 Å². The van der Waals surface area contributed by atoms with Crippen molar-refractivity contribution in [3.05, 3.63) is 35.4 Å². The predicted molar refractivity (Wildman–Crippen MR) is 96.8 cm³/mol. The minimum Gasteiger partial charge on any atom is -0.381 e. The van der Waals surface area contributed by atoms with Crippen LogP contribution < -0.4 is 5.32 Å². The van der Waals surface area contributed by atoms with Gasteiger partial charge in [0.15, 0.2) is 5.96 Å². The number of nitrogens with one attached hydrogen (secondary N) is 1. The highest BCUT2D eigenvalue weighted by molar-refractivity contribution is 5.79. The molecule has 0 radical (unpaired) electrons. The summed E-state index contributed by atoms with van der Waals surface area (Å²) in [7, 11) is 2.14. The molecule has 1 N–H and O–H groups in total. The van der Waals surface area contributed by atoms with Crippen molar-refractivity contribution >= 4 is 5.96 Å². The molecule has 1 aliphatic heterocycles. The zero-order valence-electron chi connectivity index (χ0n) is 14.8. The third-order valence-electron chi connectivity index (χ3n) is 4.57. The molecule has 4 heteroatoms. The van der Waals surface area contributed by atoms with Gasteiger partial charge in [0.05, 0.1) is 6.54 Å². The van der Waals surface area contributed by atoms with Gasteiger partial charge in [-0.1, -0.05) is 24.3 Å². The smallest absolute Gasteiger partial charge is 0.193 e. The van der Waals surface area contributed by atoms with E-state index < -0.39 is 0 Å². The van der Waals surface area contributed by atoms with E-state index in [4.69, 9.17) is 9.73 Å². The lowest BCUT2D eigenvalue weighted by molar-refractivity contribution is 0.0625. The second-order valence-corrected chi connectivity index (χ2v) is 6.36. The molecule has 0 saturated carbocycles. The molecular formula is C19H31N3O. The minimum atomic E-state index is 0.733. The Balaban J connectivity index is 1.90. The van der Waals surface area contributed by atoms with Crippen LogP contribution >= 0.6 is 0 Å². The van der Waals surface area contributed by atoms with Crippen LogP contribution in [0.2, 0.25) is 0 Å². The molecule has 0 unspecified atom stereocenters. The first-order valence-corrected chi connectivity index (χ1v) is 8.82. The van der Waals surface area contributed by atoms with Gasteiger partial charge in [-0.2, -0.15) is 0 Å². The molecule has 2 rings (SSSR count). The molecule has 0 aliphatic carbocycles. The van der Waals surface area contributed by atoms with Crippen molar-refractivity contribution in [1.82, 2.24) is 10.2 Å². The second kappa shape index (κ2) is 9.56. The maximum Gasteiger partial charge on any atom is 0.193 e. The lowest BCUT2D eigenvalue weighted by Crippen LogP contribution is -2.40. The third-order valence-corrected chi connectivity index (χ3v) is 4.57. The molecule has 1 heterocycles. The van der Waals surface area contributed by atoms with E-state index in [-0.39, 0.29) is 0 Å². The van der Waals surface area contributed by atoms with Gasteiger partial charge in [0.1, 0.15) is 0 Å². The zero-order chi connectivity index (χ0) is 16.5. The van der Waals surface area contributed by atoms with E-state index >= 15 is 0 Å². The highest BCUT2D eigenvalue weighted by Gasteiger charge is 2.15. The molecule has 1 aliphatic rings. The summed E-state index contributed by atoms with van der Waals surface area (Å²) in [5.74, 6) is 1.80. The average Bonchev–Trinajstić information content (AvgIpc) is 2.58. The Bertz CT molecular complexity index is 495. The summed E-state index contributed by atoms with van der Waals surface area (Å²) >= 11 is 0. The van der Waals surface area contributed by atoms with Gasteiger partial charge in [-0.15, -0.1) is 0 Å². The van der Waals surface area contributed by atoms with Crippen molar-refractivity contribution in [2.24, 2.45) is 10.9 Å². The van der Waals surface area contributed by atoms with Crippen LogP contribution in [0.3, 0.4) is 0 Å². The number of aryl methyl sites for hydroxylation is 1. The van der Waals surface area contributed by atoms with Crippen molar-refractivity contribution in [3.8, 4) is 0 Å². The Morgan fingerprint density at radius 2 is 2.04 bits per heavy atom. The number of aliphatic imine (C=N–C) groups is 1. The molecule has 0 aromatic heterocycles. The summed E-state index contributed by atoms with van der Waals surface area (Å²) in [5.41, 5.74) is 2.60. The molecule has 0 amide bonds. The quantitative estimate of drug-likeness (QED) is 0.646. The van der Waals surface area contributed by atoms with E-state index in [9.17, 15) is 0 Å². The molecule has 0 spiro atoms. The predicted octanol–water partition coefficient (Wildman–Crippen LogP) is 3.21. The number of guanidine groups is 1. The number of hydrogen-bond donors (Lipinski definition) is 1. The molecule has 4 nitrogen and oxygen atoms in total. The van der Waals surface area contributed by atoms with Crippen LogP contribution in [-0.4, -0.2) is 44.2 Å². The standard InChI is InChI=1S/C19H31N3O/c1-4-20-19(21-15-18-8-6-5-7-16(18)2)22(3)12-9-17-10-13-23-14-11-17/h5-8,17H,4,9-15H2,1-3H3,(H,20,21). The SMILES string of the molecule is CCNC(=NCc1ccccc1C)N(C)CCC1CCOCC1. The van der Waals surface area contributed by atoms with Gasteiger partial charge in [0, 0.05) is 33.4 Å². The molecule has 1 aromatic carbocycles. The summed E-state index contributed by atoms with van der Waals surface area (Å²) in [5, 5.41) is 3.41. The molecule has 0 atom stereocenters. The van der Waals surface area contributed by atoms with Crippen molar-refractivity contribution < 1.29 is 4.74 Å². The van der Waals surface area contributed by atoms with E-state index in [0.29, 0.717) is 0 Å². The van der Waals surface area contributed by atoms with Crippen LogP contribution in [0.1, 0.15) is 37.3 Å². The van der Waals surface area contributed by atoms with E-state index in [1.165, 1.54) is 30.4 Å². The largest absolute Gasteiger partial charge is 0.381 e. The van der Waals surface area contributed by atoms with Crippen LogP contribution in [-0.2, 0) is 11.3 Å². The number of rotatable bonds is 6. The molecule has 128 valence electrons. The molecule has 23 heavy (non-hydrogen) atoms. The van der Waals surface area contributed by atoms with Gasteiger partial charge in [0.25, 0.3) is 0 Å². The van der Waals surface area contributed by atoms with Gasteiger partial charge in [-0.3, -0.25) is 0 Å². The number of benzene rings is 1. The van der Waals surface area contributed by atoms with Gasteiger partial charge in [-0.25, -0.2) is 4.99 Å². The average molecular weight is 317 g/mol. The summed E-state index contributed by atoms with van der Waals surface area (Å²) in [6, 6.07) is 8.46. The third kappa shape index (κ3) is 5.87. The van der Waals surface area contributed by atoms with Crippen molar-refractivity contribution in [2.75, 3.05) is 33.4 Å². The molecule has 0 bridgehead atoms. The molecule has 1 saturated heterocycles. The zero-order valence-corrected chi connectivity index (χ0v) is 14.8. The Labute approximate surface area is 140 Å². The molecule has 1 aromatic rings. The van der Waals surface area contributed by atoms with E-state index in [2.05, 4.69) is 55.4 Å². The topological polar surface area (TPSA) is 36.9 Å². The van der Waals surface area contributed by atoms with Gasteiger partial charge in [-0.05, 0) is 50.2 Å². The number of nitrogens with zero attached hydrogens (tertiary/aromatic N) is 2. The number of hydrogen-bond acceptors (Lipinski definition) is 2. The Hall–Kier alpha value is -1.55. The summed E-state index contributed by atoms with van der Waals surface area (Å²) in [6.45, 7) is 8.79. The maximum atomic E-state index is 5.44. The first-order chi connectivity index (χ1) is 11.2. The molecule has 1 fully saturated rings. The summed E-state index contributed by atoms with van der Waals surface area (Å²) in [4.78, 5) is 7.08. The van der Waals surface area contributed by atoms with Crippen LogP contribution in [0.5, 0.6) is 0 Å². The second-order valence-electron chi connectivity index (χ2n) is 6.36. The van der Waals surface area contributed by atoms with E-state index in [1.54, 1.807) is 0 Å². The first kappa shape index (κ1) is 17.8. The van der Waals surface area contributed by atoms with Crippen molar-refractivity contribution in [3.63, 3.8) is 0 Å². The van der Waals surface area contributed by atoms with E-state index in [1.807, 2.05) is 0 Å². The van der Waals surface area contributed by atoms with Gasteiger partial charge < -0.3 is 15.0 Å². The molecular weight excluding hydrogens is 286 g/mol. The lowest BCUT2D eigenvalue weighted by Gasteiger charge is -2.27. The minimum absolute atomic E-state index is 0.733. The Morgan fingerprint density at radius 3 is 2.74 bits per heavy atom.